The largest absolute Gasteiger partial charge is 0.325 e. The number of imide groups is 1. The summed E-state index contributed by atoms with van der Waals surface area (Å²) < 4.78 is 0. The van der Waals surface area contributed by atoms with Crippen molar-refractivity contribution in [3.05, 3.63) is 29.3 Å². The van der Waals surface area contributed by atoms with Gasteiger partial charge in [0, 0.05) is 10.7 Å². The summed E-state index contributed by atoms with van der Waals surface area (Å²) in [6.07, 6.45) is 3.50. The van der Waals surface area contributed by atoms with Gasteiger partial charge in [0.25, 0.3) is 5.91 Å². The van der Waals surface area contributed by atoms with Gasteiger partial charge in [-0.2, -0.15) is 0 Å². The van der Waals surface area contributed by atoms with Gasteiger partial charge >= 0.3 is 6.03 Å². The summed E-state index contributed by atoms with van der Waals surface area (Å²) >= 11 is 5.80. The van der Waals surface area contributed by atoms with Crippen molar-refractivity contribution in [2.45, 2.75) is 38.1 Å². The molecule has 1 saturated carbocycles. The first-order valence-electron chi connectivity index (χ1n) is 8.12. The number of nitrogens with zero attached hydrogens (tertiary/aromatic N) is 1. The number of hydrogen-bond donors (Lipinski definition) is 2. The van der Waals surface area contributed by atoms with Gasteiger partial charge in [-0.25, -0.2) is 4.79 Å². The number of hydrogen-bond acceptors (Lipinski definition) is 3. The fourth-order valence-corrected chi connectivity index (χ4v) is 3.64. The Morgan fingerprint density at radius 1 is 1.33 bits per heavy atom. The zero-order chi connectivity index (χ0) is 17.3. The quantitative estimate of drug-likeness (QED) is 0.823. The molecule has 2 fully saturated rings. The van der Waals surface area contributed by atoms with Crippen molar-refractivity contribution >= 4 is 35.1 Å². The molecule has 1 spiro atoms. The molecule has 128 valence electrons. The number of nitrogens with one attached hydrogen (secondary N) is 2. The van der Waals surface area contributed by atoms with Crippen LogP contribution in [0.5, 0.6) is 0 Å². The van der Waals surface area contributed by atoms with Crippen LogP contribution in [0, 0.1) is 5.92 Å². The highest BCUT2D eigenvalue weighted by Crippen LogP contribution is 2.38. The molecule has 1 aromatic carbocycles. The Morgan fingerprint density at radius 3 is 2.71 bits per heavy atom. The van der Waals surface area contributed by atoms with Crippen LogP contribution in [0.15, 0.2) is 24.3 Å². The topological polar surface area (TPSA) is 78.5 Å². The molecule has 1 aliphatic carbocycles. The standard InChI is InChI=1S/C17H20ClN3O3/c1-11-4-2-3-9-17(11)15(23)21(16(24)20-17)10-14(22)19-13-7-5-12(18)6-8-13/h5-8,11H,2-4,9-10H2,1H3,(H,19,22)(H,20,24)/t11-,17-/m1/s1. The van der Waals surface area contributed by atoms with Crippen molar-refractivity contribution in [3.63, 3.8) is 0 Å². The van der Waals surface area contributed by atoms with Crippen molar-refractivity contribution in [1.29, 1.82) is 0 Å². The first-order chi connectivity index (χ1) is 11.4. The van der Waals surface area contributed by atoms with E-state index in [1.54, 1.807) is 24.3 Å². The van der Waals surface area contributed by atoms with Crippen molar-refractivity contribution in [2.75, 3.05) is 11.9 Å². The normalized spacial score (nSPS) is 26.6. The number of rotatable bonds is 3. The average molecular weight is 350 g/mol. The molecule has 6 nitrogen and oxygen atoms in total. The summed E-state index contributed by atoms with van der Waals surface area (Å²) in [5.74, 6) is -0.626. The minimum Gasteiger partial charge on any atom is -0.325 e. The molecule has 24 heavy (non-hydrogen) atoms. The number of benzene rings is 1. The van der Waals surface area contributed by atoms with E-state index in [0.29, 0.717) is 17.1 Å². The summed E-state index contributed by atoms with van der Waals surface area (Å²) in [6, 6.07) is 6.15. The highest BCUT2D eigenvalue weighted by atomic mass is 35.5. The number of carbonyl (C=O) groups is 3. The average Bonchev–Trinajstić information content (AvgIpc) is 2.78. The van der Waals surface area contributed by atoms with Crippen LogP contribution in [-0.4, -0.2) is 34.8 Å². The Balaban J connectivity index is 1.68. The monoisotopic (exact) mass is 349 g/mol. The number of anilines is 1. The Bertz CT molecular complexity index is 676. The van der Waals surface area contributed by atoms with Crippen LogP contribution in [0.2, 0.25) is 5.02 Å². The summed E-state index contributed by atoms with van der Waals surface area (Å²) in [7, 11) is 0. The first kappa shape index (κ1) is 16.8. The number of halogens is 1. The van der Waals surface area contributed by atoms with E-state index in [4.69, 9.17) is 11.6 Å². The maximum atomic E-state index is 12.8. The molecule has 7 heteroatoms. The lowest BCUT2D eigenvalue weighted by atomic mass is 9.73. The van der Waals surface area contributed by atoms with Crippen molar-refractivity contribution in [2.24, 2.45) is 5.92 Å². The zero-order valence-corrected chi connectivity index (χ0v) is 14.2. The van der Waals surface area contributed by atoms with Gasteiger partial charge in [0.2, 0.25) is 5.91 Å². The predicted octanol–water partition coefficient (Wildman–Crippen LogP) is 2.78. The fourth-order valence-electron chi connectivity index (χ4n) is 3.52. The van der Waals surface area contributed by atoms with Gasteiger partial charge in [0.05, 0.1) is 0 Å². The van der Waals surface area contributed by atoms with Crippen molar-refractivity contribution < 1.29 is 14.4 Å². The van der Waals surface area contributed by atoms with Gasteiger partial charge in [-0.3, -0.25) is 14.5 Å². The van der Waals surface area contributed by atoms with E-state index < -0.39 is 17.5 Å². The maximum absolute atomic E-state index is 12.8. The third-order valence-electron chi connectivity index (χ3n) is 4.93. The Labute approximate surface area is 145 Å². The molecule has 0 bridgehead atoms. The maximum Gasteiger partial charge on any atom is 0.325 e. The lowest BCUT2D eigenvalue weighted by molar-refractivity contribution is -0.136. The second-order valence-electron chi connectivity index (χ2n) is 6.49. The van der Waals surface area contributed by atoms with Gasteiger partial charge in [0.15, 0.2) is 0 Å². The third kappa shape index (κ3) is 2.98. The molecule has 0 radical (unpaired) electrons. The van der Waals surface area contributed by atoms with Crippen LogP contribution < -0.4 is 10.6 Å². The van der Waals surface area contributed by atoms with Crippen molar-refractivity contribution in [3.8, 4) is 0 Å². The second-order valence-corrected chi connectivity index (χ2v) is 6.93. The molecule has 1 aromatic rings. The highest BCUT2D eigenvalue weighted by molar-refractivity contribution is 6.30. The van der Waals surface area contributed by atoms with Crippen LogP contribution in [0.4, 0.5) is 10.5 Å². The van der Waals surface area contributed by atoms with E-state index in [0.717, 1.165) is 24.2 Å². The molecule has 1 saturated heterocycles. The van der Waals surface area contributed by atoms with Gasteiger partial charge in [-0.05, 0) is 43.0 Å². The Hall–Kier alpha value is -2.08. The van der Waals surface area contributed by atoms with Crippen LogP contribution >= 0.6 is 11.6 Å². The molecule has 2 N–H and O–H groups in total. The smallest absolute Gasteiger partial charge is 0.325 e. The number of urea groups is 1. The summed E-state index contributed by atoms with van der Waals surface area (Å²) in [5.41, 5.74) is -0.271. The van der Waals surface area contributed by atoms with Gasteiger partial charge in [0.1, 0.15) is 12.1 Å². The fraction of sp³-hybridized carbons (Fsp3) is 0.471. The van der Waals surface area contributed by atoms with Crippen LogP contribution in [-0.2, 0) is 9.59 Å². The SMILES string of the molecule is C[C@@H]1CCCC[C@@]12NC(=O)N(CC(=O)Nc1ccc(Cl)cc1)C2=O. The summed E-state index contributed by atoms with van der Waals surface area (Å²) in [4.78, 5) is 38.2. The lowest BCUT2D eigenvalue weighted by Gasteiger charge is -2.36. The molecule has 0 unspecified atom stereocenters. The van der Waals surface area contributed by atoms with E-state index in [1.165, 1.54) is 0 Å². The Morgan fingerprint density at radius 2 is 2.04 bits per heavy atom. The van der Waals surface area contributed by atoms with Crippen LogP contribution in [0.1, 0.15) is 32.6 Å². The van der Waals surface area contributed by atoms with E-state index in [-0.39, 0.29) is 18.4 Å². The predicted molar refractivity (Wildman–Crippen MR) is 90.7 cm³/mol. The molecule has 3 rings (SSSR count). The van der Waals surface area contributed by atoms with Gasteiger partial charge in [-0.15, -0.1) is 0 Å². The minimum absolute atomic E-state index is 0.0760. The summed E-state index contributed by atoms with van der Waals surface area (Å²) in [6.45, 7) is 1.69. The molecule has 0 aromatic heterocycles. The van der Waals surface area contributed by atoms with E-state index in [2.05, 4.69) is 10.6 Å². The van der Waals surface area contributed by atoms with Crippen LogP contribution in [0.3, 0.4) is 0 Å². The van der Waals surface area contributed by atoms with E-state index in [9.17, 15) is 14.4 Å². The summed E-state index contributed by atoms with van der Waals surface area (Å²) in [5, 5.41) is 6.07. The minimum atomic E-state index is -0.837. The number of amides is 4. The van der Waals surface area contributed by atoms with Crippen LogP contribution in [0.25, 0.3) is 0 Å². The Kier molecular flexibility index (Phi) is 4.49. The van der Waals surface area contributed by atoms with E-state index in [1.807, 2.05) is 6.92 Å². The lowest BCUT2D eigenvalue weighted by Crippen LogP contribution is -2.54. The molecular formula is C17H20ClN3O3. The van der Waals surface area contributed by atoms with Crippen molar-refractivity contribution in [1.82, 2.24) is 10.2 Å². The van der Waals surface area contributed by atoms with Gasteiger partial charge < -0.3 is 10.6 Å². The third-order valence-corrected chi connectivity index (χ3v) is 5.18. The molecule has 2 atom stereocenters. The van der Waals surface area contributed by atoms with E-state index >= 15 is 0 Å². The highest BCUT2D eigenvalue weighted by Gasteiger charge is 2.55. The second kappa shape index (κ2) is 6.43. The molecule has 4 amide bonds. The van der Waals surface area contributed by atoms with Gasteiger partial charge in [-0.1, -0.05) is 31.4 Å². The molecule has 1 heterocycles. The molecule has 1 aliphatic heterocycles. The molecule has 2 aliphatic rings. The first-order valence-corrected chi connectivity index (χ1v) is 8.50. The molecular weight excluding hydrogens is 330 g/mol. The number of carbonyl (C=O) groups excluding carboxylic acids is 3. The zero-order valence-electron chi connectivity index (χ0n) is 13.5.